The van der Waals surface area contributed by atoms with E-state index in [1.807, 2.05) is 0 Å². The van der Waals surface area contributed by atoms with E-state index in [4.69, 9.17) is 0 Å². The normalized spacial score (nSPS) is 57.1. The van der Waals surface area contributed by atoms with Crippen molar-refractivity contribution in [2.45, 2.75) is 125 Å². The van der Waals surface area contributed by atoms with Crippen LogP contribution in [0, 0.1) is 50.2 Å². The van der Waals surface area contributed by atoms with Gasteiger partial charge in [0.05, 0.1) is 18.3 Å². The van der Waals surface area contributed by atoms with E-state index in [9.17, 15) is 15.3 Å². The molecular weight excluding hydrogens is 408 g/mol. The van der Waals surface area contributed by atoms with Gasteiger partial charge in [-0.25, -0.2) is 0 Å². The highest BCUT2D eigenvalue weighted by molar-refractivity contribution is 5.34. The summed E-state index contributed by atoms with van der Waals surface area (Å²) in [7, 11) is 0. The molecule has 3 N–H and O–H groups in total. The van der Waals surface area contributed by atoms with Crippen molar-refractivity contribution in [3.8, 4) is 0 Å². The van der Waals surface area contributed by atoms with Crippen LogP contribution in [0.4, 0.5) is 0 Å². The van der Waals surface area contributed by atoms with Crippen molar-refractivity contribution < 1.29 is 15.3 Å². The lowest BCUT2D eigenvalue weighted by Gasteiger charge is -2.72. The molecule has 0 aromatic carbocycles. The maximum absolute atomic E-state index is 11.7. The zero-order valence-electron chi connectivity index (χ0n) is 22.5. The molecule has 33 heavy (non-hydrogen) atoms. The van der Waals surface area contributed by atoms with Crippen LogP contribution in [0.25, 0.3) is 0 Å². The van der Waals surface area contributed by atoms with Gasteiger partial charge in [-0.3, -0.25) is 0 Å². The Morgan fingerprint density at radius 1 is 0.758 bits per heavy atom. The summed E-state index contributed by atoms with van der Waals surface area (Å²) in [5.41, 5.74) is 1.74. The molecule has 0 bridgehead atoms. The SMILES string of the molecule is CC1(C)CC[C@]2(C)CC[C@]3(C)C(=CC[C@@H]4[C@@]5(C)C[C@@H](O)[C@@H](O)C(C)(C)[C@@H]5CC[C@]43C)[C@@H]2[C@@H]1O. The Labute approximate surface area is 202 Å². The standard InChI is InChI=1S/C30H50O3/c1-25(2)13-14-27(5)15-16-29(7)18(22(27)24(25)33)9-10-21-28(6)17-19(31)23(32)26(3,4)20(28)11-12-30(21,29)8/h9,19-24,31-33H,10-17H2,1-8H3/t19-,20+,21-,22-,23-,24+,27-,28+,29-,30-/m1/s1. The molecule has 4 fully saturated rings. The minimum atomic E-state index is -0.641. The zero-order chi connectivity index (χ0) is 24.4. The minimum Gasteiger partial charge on any atom is -0.392 e. The maximum Gasteiger partial charge on any atom is 0.0852 e. The maximum atomic E-state index is 11.7. The van der Waals surface area contributed by atoms with E-state index in [0.717, 1.165) is 19.3 Å². The summed E-state index contributed by atoms with van der Waals surface area (Å²) < 4.78 is 0. The lowest BCUT2D eigenvalue weighted by molar-refractivity contribution is -0.233. The molecule has 188 valence electrons. The topological polar surface area (TPSA) is 60.7 Å². The van der Waals surface area contributed by atoms with Gasteiger partial charge >= 0.3 is 0 Å². The molecule has 5 aliphatic rings. The second kappa shape index (κ2) is 6.88. The Morgan fingerprint density at radius 2 is 1.39 bits per heavy atom. The van der Waals surface area contributed by atoms with Crippen molar-refractivity contribution in [1.29, 1.82) is 0 Å². The first-order valence-corrected chi connectivity index (χ1v) is 13.8. The van der Waals surface area contributed by atoms with Gasteiger partial charge in [-0.05, 0) is 95.7 Å². The van der Waals surface area contributed by atoms with Gasteiger partial charge in [0, 0.05) is 5.92 Å². The van der Waals surface area contributed by atoms with Crippen LogP contribution in [0.3, 0.4) is 0 Å². The number of aliphatic hydroxyl groups is 3. The summed E-state index contributed by atoms with van der Waals surface area (Å²) in [5, 5.41) is 33.6. The fraction of sp³-hybridized carbons (Fsp3) is 0.933. The molecule has 0 spiro atoms. The lowest BCUT2D eigenvalue weighted by Crippen LogP contribution is -2.67. The molecule has 3 nitrogen and oxygen atoms in total. The van der Waals surface area contributed by atoms with Crippen molar-refractivity contribution in [3.63, 3.8) is 0 Å². The second-order valence-corrected chi connectivity index (χ2v) is 15.4. The number of allylic oxidation sites excluding steroid dienone is 1. The summed E-state index contributed by atoms with van der Waals surface area (Å²) >= 11 is 0. The number of rotatable bonds is 0. The number of hydrogen-bond acceptors (Lipinski definition) is 3. The first kappa shape index (κ1) is 24.3. The van der Waals surface area contributed by atoms with Crippen LogP contribution in [0.2, 0.25) is 0 Å². The van der Waals surface area contributed by atoms with E-state index in [-0.39, 0.29) is 44.5 Å². The third-order valence-electron chi connectivity index (χ3n) is 13.2. The summed E-state index contributed by atoms with van der Waals surface area (Å²) in [6.45, 7) is 18.9. The average Bonchev–Trinajstić information content (AvgIpc) is 2.71. The number of hydrogen-bond donors (Lipinski definition) is 3. The van der Waals surface area contributed by atoms with Gasteiger partial charge in [0.1, 0.15) is 0 Å². The van der Waals surface area contributed by atoms with E-state index in [0.29, 0.717) is 18.3 Å². The summed E-state index contributed by atoms with van der Waals surface area (Å²) in [5.74, 6) is 1.18. The molecule has 0 amide bonds. The number of fused-ring (bicyclic) bond motifs is 7. The quantitative estimate of drug-likeness (QED) is 0.384. The van der Waals surface area contributed by atoms with Crippen LogP contribution in [-0.2, 0) is 0 Å². The van der Waals surface area contributed by atoms with Gasteiger partial charge < -0.3 is 15.3 Å². The molecule has 0 unspecified atom stereocenters. The molecule has 0 aromatic rings. The van der Waals surface area contributed by atoms with Gasteiger partial charge in [-0.1, -0.05) is 67.0 Å². The molecule has 10 atom stereocenters. The van der Waals surface area contributed by atoms with E-state index in [2.05, 4.69) is 61.5 Å². The van der Waals surface area contributed by atoms with Crippen molar-refractivity contribution in [3.05, 3.63) is 11.6 Å². The third-order valence-corrected chi connectivity index (χ3v) is 13.2. The van der Waals surface area contributed by atoms with Gasteiger partial charge in [0.25, 0.3) is 0 Å². The molecule has 4 saturated carbocycles. The first-order valence-electron chi connectivity index (χ1n) is 13.8. The first-order chi connectivity index (χ1) is 15.0. The van der Waals surface area contributed by atoms with Crippen molar-refractivity contribution in [1.82, 2.24) is 0 Å². The molecule has 0 aromatic heterocycles. The smallest absolute Gasteiger partial charge is 0.0852 e. The van der Waals surface area contributed by atoms with Crippen LogP contribution in [0.15, 0.2) is 11.6 Å². The summed E-state index contributed by atoms with van der Waals surface area (Å²) in [6, 6.07) is 0. The Hall–Kier alpha value is -0.380. The van der Waals surface area contributed by atoms with Gasteiger partial charge in [0.15, 0.2) is 0 Å². The van der Waals surface area contributed by atoms with Crippen molar-refractivity contribution in [2.75, 3.05) is 0 Å². The Kier molecular flexibility index (Phi) is 5.07. The van der Waals surface area contributed by atoms with E-state index >= 15 is 0 Å². The van der Waals surface area contributed by atoms with E-state index < -0.39 is 12.2 Å². The molecule has 0 heterocycles. The van der Waals surface area contributed by atoms with Crippen molar-refractivity contribution >= 4 is 0 Å². The third kappa shape index (κ3) is 2.85. The fourth-order valence-corrected chi connectivity index (χ4v) is 10.7. The van der Waals surface area contributed by atoms with Gasteiger partial charge in [-0.15, -0.1) is 0 Å². The molecule has 0 saturated heterocycles. The molecule has 0 radical (unpaired) electrons. The lowest BCUT2D eigenvalue weighted by atomic mass is 9.33. The highest BCUT2D eigenvalue weighted by atomic mass is 16.3. The Bertz CT molecular complexity index is 859. The number of aliphatic hydroxyl groups excluding tert-OH is 3. The summed E-state index contributed by atoms with van der Waals surface area (Å²) in [6.07, 6.45) is 9.81. The van der Waals surface area contributed by atoms with Crippen LogP contribution in [0.5, 0.6) is 0 Å². The predicted molar refractivity (Wildman–Crippen MR) is 133 cm³/mol. The van der Waals surface area contributed by atoms with Gasteiger partial charge in [-0.2, -0.15) is 0 Å². The Morgan fingerprint density at radius 3 is 2.06 bits per heavy atom. The molecule has 3 heteroatoms. The van der Waals surface area contributed by atoms with E-state index in [1.54, 1.807) is 5.57 Å². The van der Waals surface area contributed by atoms with E-state index in [1.165, 1.54) is 25.7 Å². The minimum absolute atomic E-state index is 0.0192. The highest BCUT2D eigenvalue weighted by Gasteiger charge is 2.69. The molecule has 5 aliphatic carbocycles. The monoisotopic (exact) mass is 458 g/mol. The van der Waals surface area contributed by atoms with Crippen molar-refractivity contribution in [2.24, 2.45) is 50.2 Å². The van der Waals surface area contributed by atoms with Gasteiger partial charge in [0.2, 0.25) is 0 Å². The van der Waals surface area contributed by atoms with Crippen LogP contribution < -0.4 is 0 Å². The molecule has 0 aliphatic heterocycles. The Balaban J connectivity index is 1.61. The fourth-order valence-electron chi connectivity index (χ4n) is 10.7. The largest absolute Gasteiger partial charge is 0.392 e. The van der Waals surface area contributed by atoms with Crippen LogP contribution >= 0.6 is 0 Å². The zero-order valence-corrected chi connectivity index (χ0v) is 22.5. The molecular formula is C30H50O3. The van der Waals surface area contributed by atoms with Crippen LogP contribution in [-0.4, -0.2) is 33.6 Å². The predicted octanol–water partition coefficient (Wildman–Crippen LogP) is 6.11. The van der Waals surface area contributed by atoms with Crippen LogP contribution in [0.1, 0.15) is 107 Å². The highest BCUT2D eigenvalue weighted by Crippen LogP contribution is 2.75. The summed E-state index contributed by atoms with van der Waals surface area (Å²) in [4.78, 5) is 0. The average molecular weight is 459 g/mol. The molecule has 5 rings (SSSR count). The second-order valence-electron chi connectivity index (χ2n) is 15.4.